The van der Waals surface area contributed by atoms with Crippen LogP contribution in [0.1, 0.15) is 23.5 Å². The maximum absolute atomic E-state index is 12.8. The van der Waals surface area contributed by atoms with E-state index >= 15 is 0 Å². The van der Waals surface area contributed by atoms with Crippen molar-refractivity contribution in [2.24, 2.45) is 0 Å². The Hall–Kier alpha value is -0.890. The number of aliphatic hydroxyl groups excluding tert-OH is 1. The van der Waals surface area contributed by atoms with Crippen molar-refractivity contribution < 1.29 is 17.9 Å². The summed E-state index contributed by atoms with van der Waals surface area (Å²) < 4.78 is 32.5. The highest BCUT2D eigenvalue weighted by Crippen LogP contribution is 2.29. The van der Waals surface area contributed by atoms with Crippen LogP contribution in [0, 0.1) is 13.8 Å². The van der Waals surface area contributed by atoms with Crippen LogP contribution in [0.5, 0.6) is 0 Å². The fourth-order valence-electron chi connectivity index (χ4n) is 2.62. The molecule has 0 spiro atoms. The molecule has 1 aromatic heterocycles. The van der Waals surface area contributed by atoms with E-state index in [1.54, 1.807) is 13.8 Å². The molecule has 2 heterocycles. The highest BCUT2D eigenvalue weighted by atomic mass is 32.2. The minimum absolute atomic E-state index is 0.141. The number of aliphatic hydroxyl groups is 1. The molecule has 1 fully saturated rings. The van der Waals surface area contributed by atoms with Gasteiger partial charge in [0.1, 0.15) is 16.4 Å². The van der Waals surface area contributed by atoms with E-state index in [0.717, 1.165) is 13.0 Å². The van der Waals surface area contributed by atoms with Crippen molar-refractivity contribution in [2.45, 2.75) is 31.8 Å². The summed E-state index contributed by atoms with van der Waals surface area (Å²) in [6, 6.07) is 0. The summed E-state index contributed by atoms with van der Waals surface area (Å²) in [5.74, 6) is 0.819. The second-order valence-corrected chi connectivity index (χ2v) is 7.12. The molecule has 1 aliphatic heterocycles. The first kappa shape index (κ1) is 15.5. The second kappa shape index (κ2) is 5.85. The van der Waals surface area contributed by atoms with Gasteiger partial charge in [-0.15, -0.1) is 0 Å². The number of furan rings is 1. The zero-order valence-electron chi connectivity index (χ0n) is 12.2. The Balaban J connectivity index is 2.40. The van der Waals surface area contributed by atoms with Crippen molar-refractivity contribution in [3.63, 3.8) is 0 Å². The van der Waals surface area contributed by atoms with Crippen molar-refractivity contribution in [2.75, 3.05) is 33.2 Å². The molecule has 1 aliphatic rings. The Kier molecular flexibility index (Phi) is 4.53. The Morgan fingerprint density at radius 3 is 2.50 bits per heavy atom. The second-order valence-electron chi connectivity index (χ2n) is 5.24. The molecule has 114 valence electrons. The molecule has 2 rings (SSSR count). The average molecular weight is 302 g/mol. The number of nitrogens with zero attached hydrogens (tertiary/aromatic N) is 2. The van der Waals surface area contributed by atoms with E-state index in [4.69, 9.17) is 4.42 Å². The van der Waals surface area contributed by atoms with Crippen LogP contribution in [0.25, 0.3) is 0 Å². The van der Waals surface area contributed by atoms with Gasteiger partial charge in [-0.2, -0.15) is 4.31 Å². The van der Waals surface area contributed by atoms with Crippen LogP contribution in [0.3, 0.4) is 0 Å². The number of aryl methyl sites for hydroxylation is 2. The Morgan fingerprint density at radius 1 is 1.15 bits per heavy atom. The zero-order chi connectivity index (χ0) is 14.9. The molecule has 20 heavy (non-hydrogen) atoms. The van der Waals surface area contributed by atoms with Gasteiger partial charge in [-0.1, -0.05) is 0 Å². The first-order chi connectivity index (χ1) is 9.37. The highest BCUT2D eigenvalue weighted by Gasteiger charge is 2.32. The third-order valence-electron chi connectivity index (χ3n) is 3.76. The van der Waals surface area contributed by atoms with Crippen LogP contribution in [-0.2, 0) is 16.6 Å². The third kappa shape index (κ3) is 2.76. The van der Waals surface area contributed by atoms with Gasteiger partial charge in [0.15, 0.2) is 0 Å². The number of hydrogen-bond donors (Lipinski definition) is 1. The van der Waals surface area contributed by atoms with Crippen molar-refractivity contribution >= 4 is 10.0 Å². The Labute approximate surface area is 120 Å². The van der Waals surface area contributed by atoms with Gasteiger partial charge in [0.2, 0.25) is 10.0 Å². The van der Waals surface area contributed by atoms with E-state index < -0.39 is 10.0 Å². The molecule has 0 amide bonds. The molecule has 7 heteroatoms. The summed E-state index contributed by atoms with van der Waals surface area (Å²) >= 11 is 0. The number of sulfonamides is 1. The van der Waals surface area contributed by atoms with Gasteiger partial charge in [0, 0.05) is 25.2 Å². The molecule has 6 nitrogen and oxygen atoms in total. The summed E-state index contributed by atoms with van der Waals surface area (Å²) in [6.45, 7) is 5.54. The molecule has 0 atom stereocenters. The SMILES string of the molecule is Cc1oc(C)c(S(=O)(=O)N2CCCN(C)CC2)c1CO. The predicted octanol–water partition coefficient (Wildman–Crippen LogP) is 0.715. The highest BCUT2D eigenvalue weighted by molar-refractivity contribution is 7.89. The predicted molar refractivity (Wildman–Crippen MR) is 75.0 cm³/mol. The quantitative estimate of drug-likeness (QED) is 0.890. The summed E-state index contributed by atoms with van der Waals surface area (Å²) in [4.78, 5) is 2.26. The van der Waals surface area contributed by atoms with Crippen molar-refractivity contribution in [1.29, 1.82) is 0 Å². The molecule has 0 bridgehead atoms. The van der Waals surface area contributed by atoms with E-state index in [-0.39, 0.29) is 11.5 Å². The maximum atomic E-state index is 12.8. The van der Waals surface area contributed by atoms with Crippen LogP contribution in [0.2, 0.25) is 0 Å². The minimum Gasteiger partial charge on any atom is -0.465 e. The fraction of sp³-hybridized carbons (Fsp3) is 0.692. The lowest BCUT2D eigenvalue weighted by molar-refractivity contribution is 0.276. The molecule has 1 saturated heterocycles. The molecule has 1 N–H and O–H groups in total. The third-order valence-corrected chi connectivity index (χ3v) is 5.85. The van der Waals surface area contributed by atoms with E-state index in [1.165, 1.54) is 4.31 Å². The molecule has 0 aromatic carbocycles. The first-order valence-corrected chi connectivity index (χ1v) is 8.20. The average Bonchev–Trinajstić information content (AvgIpc) is 2.54. The Morgan fingerprint density at radius 2 is 1.85 bits per heavy atom. The van der Waals surface area contributed by atoms with E-state index in [2.05, 4.69) is 4.90 Å². The van der Waals surface area contributed by atoms with Crippen LogP contribution >= 0.6 is 0 Å². The largest absolute Gasteiger partial charge is 0.465 e. The zero-order valence-corrected chi connectivity index (χ0v) is 13.0. The van der Waals surface area contributed by atoms with E-state index in [1.807, 2.05) is 7.05 Å². The lowest BCUT2D eigenvalue weighted by atomic mass is 10.2. The molecular weight excluding hydrogens is 280 g/mol. The van der Waals surface area contributed by atoms with Crippen molar-refractivity contribution in [3.8, 4) is 0 Å². The van der Waals surface area contributed by atoms with Gasteiger partial charge in [-0.25, -0.2) is 8.42 Å². The first-order valence-electron chi connectivity index (χ1n) is 6.76. The Bertz CT molecular complexity index is 579. The number of likely N-dealkylation sites (N-methyl/N-ethyl adjacent to an activating group) is 1. The number of hydrogen-bond acceptors (Lipinski definition) is 5. The summed E-state index contributed by atoms with van der Waals surface area (Å²) in [5.41, 5.74) is 0.375. The molecular formula is C13H22N2O4S. The molecule has 1 aromatic rings. The topological polar surface area (TPSA) is 74.0 Å². The van der Waals surface area contributed by atoms with Gasteiger partial charge >= 0.3 is 0 Å². The van der Waals surface area contributed by atoms with Gasteiger partial charge in [0.05, 0.1) is 6.61 Å². The van der Waals surface area contributed by atoms with Gasteiger partial charge in [-0.3, -0.25) is 0 Å². The monoisotopic (exact) mass is 302 g/mol. The van der Waals surface area contributed by atoms with Crippen LogP contribution in [0.15, 0.2) is 9.31 Å². The molecule has 0 radical (unpaired) electrons. The molecule has 0 unspecified atom stereocenters. The van der Waals surface area contributed by atoms with Crippen LogP contribution < -0.4 is 0 Å². The number of rotatable bonds is 3. The maximum Gasteiger partial charge on any atom is 0.246 e. The standard InChI is InChI=1S/C13H22N2O4S/c1-10-12(9-16)13(11(2)19-10)20(17,18)15-6-4-5-14(3)7-8-15/h16H,4-9H2,1-3H3. The lowest BCUT2D eigenvalue weighted by Crippen LogP contribution is -2.35. The van der Waals surface area contributed by atoms with Crippen LogP contribution in [0.4, 0.5) is 0 Å². The summed E-state index contributed by atoms with van der Waals surface area (Å²) in [6.07, 6.45) is 0.806. The van der Waals surface area contributed by atoms with E-state index in [0.29, 0.717) is 36.7 Å². The van der Waals surface area contributed by atoms with Gasteiger partial charge in [0.25, 0.3) is 0 Å². The van der Waals surface area contributed by atoms with Gasteiger partial charge in [-0.05, 0) is 33.9 Å². The summed E-state index contributed by atoms with van der Waals surface area (Å²) in [7, 11) is -1.62. The summed E-state index contributed by atoms with van der Waals surface area (Å²) in [5, 5.41) is 9.42. The van der Waals surface area contributed by atoms with Gasteiger partial charge < -0.3 is 14.4 Å². The smallest absolute Gasteiger partial charge is 0.246 e. The molecule has 0 aliphatic carbocycles. The van der Waals surface area contributed by atoms with E-state index in [9.17, 15) is 13.5 Å². The minimum atomic E-state index is -3.61. The van der Waals surface area contributed by atoms with Crippen molar-refractivity contribution in [1.82, 2.24) is 9.21 Å². The van der Waals surface area contributed by atoms with Crippen LogP contribution in [-0.4, -0.2) is 56.0 Å². The normalized spacial score (nSPS) is 19.2. The molecule has 0 saturated carbocycles. The van der Waals surface area contributed by atoms with Crippen molar-refractivity contribution in [3.05, 3.63) is 17.1 Å². The fourth-order valence-corrected chi connectivity index (χ4v) is 4.50. The lowest BCUT2D eigenvalue weighted by Gasteiger charge is -2.20.